The molecule has 0 aromatic heterocycles. The van der Waals surface area contributed by atoms with Crippen LogP contribution in [0.5, 0.6) is 0 Å². The summed E-state index contributed by atoms with van der Waals surface area (Å²) in [6.07, 6.45) is 4.17. The first kappa shape index (κ1) is 15.7. The number of nitriles is 1. The summed E-state index contributed by atoms with van der Waals surface area (Å²) < 4.78 is 0. The fourth-order valence-electron chi connectivity index (χ4n) is 1.02. The van der Waals surface area contributed by atoms with Crippen LogP contribution in [0.3, 0.4) is 0 Å². The molecule has 5 nitrogen and oxygen atoms in total. The second kappa shape index (κ2) is 7.07. The Hall–Kier alpha value is -1.35. The number of amidine groups is 2. The standard InChI is InChI=1S/C11H19N5S/c1-6-8(9(13)16-11(2,3)4)15-10(17-5)14-7-12/h6H2,1-5H3,(H2,13,16). The Labute approximate surface area is 107 Å². The fraction of sp³-hybridized carbons (Fsp3) is 0.636. The Morgan fingerprint density at radius 3 is 2.35 bits per heavy atom. The van der Waals surface area contributed by atoms with Gasteiger partial charge in [-0.2, -0.15) is 5.26 Å². The Morgan fingerprint density at radius 2 is 2.00 bits per heavy atom. The van der Waals surface area contributed by atoms with Crippen LogP contribution < -0.4 is 5.73 Å². The number of thioether (sulfide) groups is 1. The second-order valence-electron chi connectivity index (χ2n) is 4.28. The molecule has 0 aliphatic rings. The van der Waals surface area contributed by atoms with E-state index in [0.717, 1.165) is 0 Å². The molecule has 0 aromatic rings. The quantitative estimate of drug-likeness (QED) is 0.465. The molecule has 0 saturated heterocycles. The first-order chi connectivity index (χ1) is 7.84. The monoisotopic (exact) mass is 253 g/mol. The van der Waals surface area contributed by atoms with E-state index in [-0.39, 0.29) is 5.54 Å². The fourth-order valence-corrected chi connectivity index (χ4v) is 1.35. The number of nitrogens with zero attached hydrogens (tertiary/aromatic N) is 4. The maximum Gasteiger partial charge on any atom is 0.208 e. The molecule has 0 atom stereocenters. The summed E-state index contributed by atoms with van der Waals surface area (Å²) in [5.41, 5.74) is 6.30. The largest absolute Gasteiger partial charge is 0.382 e. The zero-order valence-electron chi connectivity index (χ0n) is 11.0. The molecule has 94 valence electrons. The first-order valence-corrected chi connectivity index (χ1v) is 6.50. The molecule has 0 spiro atoms. The zero-order valence-corrected chi connectivity index (χ0v) is 11.8. The van der Waals surface area contributed by atoms with Crippen molar-refractivity contribution in [3.05, 3.63) is 0 Å². The highest BCUT2D eigenvalue weighted by Crippen LogP contribution is 2.08. The van der Waals surface area contributed by atoms with Crippen molar-refractivity contribution >= 4 is 28.5 Å². The van der Waals surface area contributed by atoms with E-state index in [1.54, 1.807) is 6.19 Å². The third kappa shape index (κ3) is 6.74. The maximum absolute atomic E-state index is 8.50. The molecule has 0 bridgehead atoms. The SMILES string of the molecule is CCC(=NC(=NC#N)SC)C(N)=NC(C)(C)C. The van der Waals surface area contributed by atoms with Gasteiger partial charge in [-0.1, -0.05) is 18.7 Å². The van der Waals surface area contributed by atoms with E-state index in [9.17, 15) is 0 Å². The lowest BCUT2D eigenvalue weighted by Crippen LogP contribution is -2.28. The van der Waals surface area contributed by atoms with Crippen LogP contribution in [0, 0.1) is 11.5 Å². The van der Waals surface area contributed by atoms with Crippen molar-refractivity contribution in [2.45, 2.75) is 39.7 Å². The van der Waals surface area contributed by atoms with Crippen LogP contribution in [0.4, 0.5) is 0 Å². The van der Waals surface area contributed by atoms with Crippen LogP contribution >= 0.6 is 11.8 Å². The summed E-state index contributed by atoms with van der Waals surface area (Å²) in [6, 6.07) is 0. The van der Waals surface area contributed by atoms with Gasteiger partial charge in [-0.05, 0) is 33.4 Å². The Balaban J connectivity index is 5.23. The van der Waals surface area contributed by atoms with Crippen LogP contribution in [-0.4, -0.2) is 28.5 Å². The van der Waals surface area contributed by atoms with Crippen LogP contribution in [-0.2, 0) is 0 Å². The molecule has 0 fully saturated rings. The number of nitrogens with two attached hydrogens (primary N) is 1. The number of aliphatic imine (C=N–C) groups is 3. The van der Waals surface area contributed by atoms with Crippen LogP contribution in [0.2, 0.25) is 0 Å². The van der Waals surface area contributed by atoms with Gasteiger partial charge in [0, 0.05) is 0 Å². The second-order valence-corrected chi connectivity index (χ2v) is 5.05. The van der Waals surface area contributed by atoms with Gasteiger partial charge in [-0.3, -0.25) is 4.99 Å². The Kier molecular flexibility index (Phi) is 6.51. The van der Waals surface area contributed by atoms with E-state index in [4.69, 9.17) is 11.0 Å². The minimum absolute atomic E-state index is 0.244. The van der Waals surface area contributed by atoms with Crippen molar-refractivity contribution in [3.8, 4) is 6.19 Å². The first-order valence-electron chi connectivity index (χ1n) is 5.28. The maximum atomic E-state index is 8.50. The van der Waals surface area contributed by atoms with Gasteiger partial charge in [0.1, 0.15) is 5.84 Å². The molecule has 0 saturated carbocycles. The van der Waals surface area contributed by atoms with Gasteiger partial charge in [-0.15, -0.1) is 4.99 Å². The number of hydrogen-bond donors (Lipinski definition) is 1. The molecule has 0 aliphatic heterocycles. The van der Waals surface area contributed by atoms with Crippen molar-refractivity contribution in [3.63, 3.8) is 0 Å². The smallest absolute Gasteiger partial charge is 0.208 e. The zero-order chi connectivity index (χ0) is 13.5. The molecule has 2 N–H and O–H groups in total. The molecule has 0 aliphatic carbocycles. The summed E-state index contributed by atoms with van der Waals surface area (Å²) in [6.45, 7) is 7.83. The van der Waals surface area contributed by atoms with Crippen LogP contribution in [0.25, 0.3) is 0 Å². The van der Waals surface area contributed by atoms with Gasteiger partial charge < -0.3 is 5.73 Å². The summed E-state index contributed by atoms with van der Waals surface area (Å²) in [5.74, 6) is 0.402. The van der Waals surface area contributed by atoms with Gasteiger partial charge in [0.2, 0.25) is 6.19 Å². The van der Waals surface area contributed by atoms with E-state index in [1.807, 2.05) is 34.0 Å². The van der Waals surface area contributed by atoms with Gasteiger partial charge in [-0.25, -0.2) is 4.99 Å². The Morgan fingerprint density at radius 1 is 1.41 bits per heavy atom. The highest BCUT2D eigenvalue weighted by Gasteiger charge is 2.11. The third-order valence-electron chi connectivity index (χ3n) is 1.65. The lowest BCUT2D eigenvalue weighted by atomic mass is 10.1. The van der Waals surface area contributed by atoms with Gasteiger partial charge >= 0.3 is 0 Å². The van der Waals surface area contributed by atoms with Crippen LogP contribution in [0.1, 0.15) is 34.1 Å². The predicted molar refractivity (Wildman–Crippen MR) is 75.7 cm³/mol. The van der Waals surface area contributed by atoms with Crippen molar-refractivity contribution in [2.75, 3.05) is 6.26 Å². The molecule has 0 unspecified atom stereocenters. The van der Waals surface area contributed by atoms with E-state index >= 15 is 0 Å². The third-order valence-corrected chi connectivity index (χ3v) is 2.19. The number of hydrogen-bond acceptors (Lipinski definition) is 4. The average molecular weight is 253 g/mol. The van der Waals surface area contributed by atoms with Crippen molar-refractivity contribution < 1.29 is 0 Å². The molecular formula is C11H19N5S. The molecule has 6 heteroatoms. The topological polar surface area (TPSA) is 86.9 Å². The minimum atomic E-state index is -0.244. The van der Waals surface area contributed by atoms with Gasteiger partial charge in [0.15, 0.2) is 5.17 Å². The molecule has 0 rings (SSSR count). The molecule has 0 amide bonds. The highest BCUT2D eigenvalue weighted by atomic mass is 32.2. The Bertz CT molecular complexity index is 382. The molecule has 0 aromatic carbocycles. The average Bonchev–Trinajstić information content (AvgIpc) is 2.21. The van der Waals surface area contributed by atoms with Crippen molar-refractivity contribution in [1.29, 1.82) is 5.26 Å². The summed E-state index contributed by atoms with van der Waals surface area (Å²) in [7, 11) is 0. The van der Waals surface area contributed by atoms with E-state index in [0.29, 0.717) is 23.1 Å². The van der Waals surface area contributed by atoms with E-state index in [1.165, 1.54) is 11.8 Å². The summed E-state index contributed by atoms with van der Waals surface area (Å²) in [4.78, 5) is 12.2. The molecule has 0 radical (unpaired) electrons. The number of rotatable bonds is 2. The molecule has 0 heterocycles. The van der Waals surface area contributed by atoms with E-state index < -0.39 is 0 Å². The normalized spacial score (nSPS) is 14.7. The molecular weight excluding hydrogens is 234 g/mol. The van der Waals surface area contributed by atoms with Crippen LogP contribution in [0.15, 0.2) is 15.0 Å². The van der Waals surface area contributed by atoms with Crippen molar-refractivity contribution in [2.24, 2.45) is 20.7 Å². The lowest BCUT2D eigenvalue weighted by molar-refractivity contribution is 0.584. The van der Waals surface area contributed by atoms with Gasteiger partial charge in [0.05, 0.1) is 11.3 Å². The minimum Gasteiger partial charge on any atom is -0.382 e. The lowest BCUT2D eigenvalue weighted by Gasteiger charge is -2.14. The van der Waals surface area contributed by atoms with E-state index in [2.05, 4.69) is 15.0 Å². The highest BCUT2D eigenvalue weighted by molar-refractivity contribution is 8.13. The summed E-state index contributed by atoms with van der Waals surface area (Å²) >= 11 is 1.30. The predicted octanol–water partition coefficient (Wildman–Crippen LogP) is 2.19. The molecule has 17 heavy (non-hydrogen) atoms. The summed E-state index contributed by atoms with van der Waals surface area (Å²) in [5, 5.41) is 8.90. The van der Waals surface area contributed by atoms with Gasteiger partial charge in [0.25, 0.3) is 0 Å². The van der Waals surface area contributed by atoms with Crippen molar-refractivity contribution in [1.82, 2.24) is 0 Å².